The Labute approximate surface area is 232 Å². The van der Waals surface area contributed by atoms with Crippen LogP contribution in [0.2, 0.25) is 5.02 Å². The highest BCUT2D eigenvalue weighted by molar-refractivity contribution is 6.30. The van der Waals surface area contributed by atoms with Crippen molar-refractivity contribution in [1.29, 1.82) is 0 Å². The van der Waals surface area contributed by atoms with Crippen LogP contribution in [0.4, 0.5) is 0 Å². The summed E-state index contributed by atoms with van der Waals surface area (Å²) in [6.07, 6.45) is 5.91. The summed E-state index contributed by atoms with van der Waals surface area (Å²) in [7, 11) is 3.65. The third-order valence-electron chi connectivity index (χ3n) is 7.96. The van der Waals surface area contributed by atoms with Crippen LogP contribution >= 0.6 is 11.6 Å². The monoisotopic (exact) mass is 538 g/mol. The number of hydrogen-bond donors (Lipinski definition) is 1. The number of hydrogen-bond acceptors (Lipinski definition) is 4. The number of fused-ring (bicyclic) bond motifs is 1. The normalized spacial score (nSPS) is 15.6. The van der Waals surface area contributed by atoms with E-state index in [2.05, 4.69) is 22.0 Å². The van der Waals surface area contributed by atoms with Gasteiger partial charge in [0.15, 0.2) is 5.60 Å². The molecule has 0 spiro atoms. The molecule has 6 nitrogen and oxygen atoms in total. The van der Waals surface area contributed by atoms with Gasteiger partial charge in [0.2, 0.25) is 0 Å². The number of pyridine rings is 1. The van der Waals surface area contributed by atoms with E-state index in [1.807, 2.05) is 66.2 Å². The number of likely N-dealkylation sites (tertiary alicyclic amines) is 1. The minimum Gasteiger partial charge on any atom is -0.374 e. The van der Waals surface area contributed by atoms with Crippen molar-refractivity contribution < 1.29 is 5.11 Å². The molecule has 1 saturated heterocycles. The van der Waals surface area contributed by atoms with E-state index in [4.69, 9.17) is 11.6 Å². The van der Waals surface area contributed by atoms with E-state index < -0.39 is 5.60 Å². The van der Waals surface area contributed by atoms with Crippen LogP contribution in [0.3, 0.4) is 0 Å². The van der Waals surface area contributed by atoms with Crippen molar-refractivity contribution in [1.82, 2.24) is 19.0 Å². The van der Waals surface area contributed by atoms with Crippen molar-refractivity contribution in [3.05, 3.63) is 123 Å². The van der Waals surface area contributed by atoms with Crippen LogP contribution in [0.5, 0.6) is 0 Å². The van der Waals surface area contributed by atoms with Crippen molar-refractivity contribution in [2.24, 2.45) is 14.1 Å². The van der Waals surface area contributed by atoms with Gasteiger partial charge in [-0.15, -0.1) is 0 Å². The molecule has 1 aliphatic heterocycles. The molecule has 5 aromatic rings. The first kappa shape index (κ1) is 25.6. The summed E-state index contributed by atoms with van der Waals surface area (Å²) < 4.78 is 3.48. The average Bonchev–Trinajstić information content (AvgIpc) is 3.62. The molecule has 0 amide bonds. The zero-order valence-corrected chi connectivity index (χ0v) is 22.9. The lowest BCUT2D eigenvalue weighted by molar-refractivity contribution is 0.117. The SMILES string of the molecule is Cn1cncc1C(O)(c1ccc(CN2CCCC2)cc1)c1ccc2c(c1)c(-c1cccc(Cl)c1)cc(=O)n2C. The summed E-state index contributed by atoms with van der Waals surface area (Å²) in [5, 5.41) is 14.0. The standard InChI is InChI=1S/C32H31ClN4O2/c1-35-21-34-19-30(35)32(39,24-10-8-22(9-11-24)20-37-14-3-4-15-37)25-12-13-29-28(17-25)27(18-31(38)36(29)2)23-6-5-7-26(33)16-23/h5-13,16-19,21,39H,3-4,14-15,20H2,1-2H3. The second-order valence-electron chi connectivity index (χ2n) is 10.5. The molecule has 198 valence electrons. The van der Waals surface area contributed by atoms with Crippen LogP contribution in [0.1, 0.15) is 35.2 Å². The zero-order chi connectivity index (χ0) is 27.1. The second kappa shape index (κ2) is 10.1. The number of nitrogens with zero attached hydrogens (tertiary/aromatic N) is 4. The second-order valence-corrected chi connectivity index (χ2v) is 10.9. The summed E-state index contributed by atoms with van der Waals surface area (Å²) in [4.78, 5) is 19.7. The molecular formula is C32H31ClN4O2. The molecule has 1 N–H and O–H groups in total. The minimum atomic E-state index is -1.47. The fourth-order valence-corrected chi connectivity index (χ4v) is 5.99. The largest absolute Gasteiger partial charge is 0.374 e. The van der Waals surface area contributed by atoms with Gasteiger partial charge in [-0.25, -0.2) is 4.98 Å². The molecule has 3 heterocycles. The molecule has 39 heavy (non-hydrogen) atoms. The Morgan fingerprint density at radius 3 is 2.38 bits per heavy atom. The van der Waals surface area contributed by atoms with E-state index in [9.17, 15) is 9.90 Å². The molecule has 0 aliphatic carbocycles. The number of aliphatic hydroxyl groups is 1. The maximum atomic E-state index is 12.9. The van der Waals surface area contributed by atoms with E-state index in [1.54, 1.807) is 30.2 Å². The van der Waals surface area contributed by atoms with Gasteiger partial charge in [0.05, 0.1) is 23.7 Å². The summed E-state index contributed by atoms with van der Waals surface area (Å²) in [6, 6.07) is 23.2. The van der Waals surface area contributed by atoms with Gasteiger partial charge in [-0.1, -0.05) is 54.1 Å². The Bertz CT molecular complexity index is 1720. The van der Waals surface area contributed by atoms with E-state index in [0.717, 1.165) is 47.2 Å². The van der Waals surface area contributed by atoms with Crippen molar-refractivity contribution in [3.8, 4) is 11.1 Å². The Morgan fingerprint density at radius 1 is 0.949 bits per heavy atom. The summed E-state index contributed by atoms with van der Waals surface area (Å²) in [5.74, 6) is 0. The van der Waals surface area contributed by atoms with E-state index in [0.29, 0.717) is 16.3 Å². The molecule has 0 radical (unpaired) electrons. The van der Waals surface area contributed by atoms with Crippen LogP contribution in [0, 0.1) is 0 Å². The molecule has 3 aromatic carbocycles. The Hall–Kier alpha value is -3.71. The lowest BCUT2D eigenvalue weighted by Gasteiger charge is -2.30. The van der Waals surface area contributed by atoms with Crippen molar-refractivity contribution in [3.63, 3.8) is 0 Å². The maximum Gasteiger partial charge on any atom is 0.251 e. The summed E-state index contributed by atoms with van der Waals surface area (Å²) >= 11 is 6.32. The highest BCUT2D eigenvalue weighted by Gasteiger charge is 2.37. The molecule has 0 bridgehead atoms. The Kier molecular flexibility index (Phi) is 6.63. The fourth-order valence-electron chi connectivity index (χ4n) is 5.80. The third kappa shape index (κ3) is 4.59. The quantitative estimate of drug-likeness (QED) is 0.311. The van der Waals surface area contributed by atoms with Crippen LogP contribution in [-0.2, 0) is 26.2 Å². The zero-order valence-electron chi connectivity index (χ0n) is 22.1. The maximum absolute atomic E-state index is 12.9. The Balaban J connectivity index is 1.53. The number of aryl methyl sites for hydroxylation is 2. The van der Waals surface area contributed by atoms with Crippen LogP contribution in [0.15, 0.2) is 90.1 Å². The van der Waals surface area contributed by atoms with Crippen molar-refractivity contribution in [2.75, 3.05) is 13.1 Å². The van der Waals surface area contributed by atoms with Crippen molar-refractivity contribution >= 4 is 22.5 Å². The van der Waals surface area contributed by atoms with Crippen LogP contribution < -0.4 is 5.56 Å². The molecule has 7 heteroatoms. The van der Waals surface area contributed by atoms with Crippen LogP contribution in [-0.4, -0.2) is 37.2 Å². The van der Waals surface area contributed by atoms with Gasteiger partial charge in [0.1, 0.15) is 0 Å². The summed E-state index contributed by atoms with van der Waals surface area (Å²) in [5.41, 5.74) is 4.13. The molecule has 1 atom stereocenters. The molecule has 0 saturated carbocycles. The first-order valence-electron chi connectivity index (χ1n) is 13.3. The van der Waals surface area contributed by atoms with Crippen molar-refractivity contribution in [2.45, 2.75) is 25.0 Å². The molecule has 1 aliphatic rings. The molecule has 1 unspecified atom stereocenters. The number of aromatic nitrogens is 3. The van der Waals surface area contributed by atoms with Gasteiger partial charge in [0, 0.05) is 37.1 Å². The van der Waals surface area contributed by atoms with E-state index in [-0.39, 0.29) is 5.56 Å². The lowest BCUT2D eigenvalue weighted by Crippen LogP contribution is -2.31. The first-order valence-corrected chi connectivity index (χ1v) is 13.6. The molecule has 2 aromatic heterocycles. The van der Waals surface area contributed by atoms with Gasteiger partial charge >= 0.3 is 0 Å². The van der Waals surface area contributed by atoms with Crippen LogP contribution in [0.25, 0.3) is 22.0 Å². The molecule has 1 fully saturated rings. The highest BCUT2D eigenvalue weighted by atomic mass is 35.5. The topological polar surface area (TPSA) is 63.3 Å². The average molecular weight is 539 g/mol. The number of benzene rings is 3. The van der Waals surface area contributed by atoms with Gasteiger partial charge in [-0.05, 0) is 78.0 Å². The summed E-state index contributed by atoms with van der Waals surface area (Å²) in [6.45, 7) is 3.18. The molecule has 6 rings (SSSR count). The number of halogens is 1. The Morgan fingerprint density at radius 2 is 1.69 bits per heavy atom. The van der Waals surface area contributed by atoms with E-state index >= 15 is 0 Å². The van der Waals surface area contributed by atoms with Gasteiger partial charge in [-0.3, -0.25) is 9.69 Å². The van der Waals surface area contributed by atoms with E-state index in [1.165, 1.54) is 18.4 Å². The van der Waals surface area contributed by atoms with Gasteiger partial charge in [0.25, 0.3) is 5.56 Å². The number of rotatable bonds is 6. The third-order valence-corrected chi connectivity index (χ3v) is 8.20. The smallest absolute Gasteiger partial charge is 0.251 e. The predicted molar refractivity (Wildman–Crippen MR) is 156 cm³/mol. The fraction of sp³-hybridized carbons (Fsp3) is 0.250. The highest BCUT2D eigenvalue weighted by Crippen LogP contribution is 2.39. The first-order chi connectivity index (χ1) is 18.8. The predicted octanol–water partition coefficient (Wildman–Crippen LogP) is 5.47. The lowest BCUT2D eigenvalue weighted by atomic mass is 9.82. The number of imidazole rings is 1. The van der Waals surface area contributed by atoms with Gasteiger partial charge < -0.3 is 14.2 Å². The molecular weight excluding hydrogens is 508 g/mol. The minimum absolute atomic E-state index is 0.110. The van der Waals surface area contributed by atoms with Gasteiger partial charge in [-0.2, -0.15) is 0 Å².